The number of esters is 1. The number of hydrogen-bond acceptors (Lipinski definition) is 5. The lowest BCUT2D eigenvalue weighted by molar-refractivity contribution is -0.150. The van der Waals surface area contributed by atoms with Gasteiger partial charge in [0.25, 0.3) is 11.8 Å². The van der Waals surface area contributed by atoms with E-state index in [0.717, 1.165) is 24.2 Å². The first kappa shape index (κ1) is 20.8. The summed E-state index contributed by atoms with van der Waals surface area (Å²) < 4.78 is 4.93. The van der Waals surface area contributed by atoms with Gasteiger partial charge in [0.05, 0.1) is 0 Å². The maximum absolute atomic E-state index is 12.5. The van der Waals surface area contributed by atoms with E-state index in [2.05, 4.69) is 24.5 Å². The zero-order valence-corrected chi connectivity index (χ0v) is 17.0. The summed E-state index contributed by atoms with van der Waals surface area (Å²) in [6.45, 7) is 4.92. The van der Waals surface area contributed by atoms with E-state index in [9.17, 15) is 19.2 Å². The van der Waals surface area contributed by atoms with E-state index in [4.69, 9.17) is 4.74 Å². The van der Waals surface area contributed by atoms with Crippen LogP contribution in [0, 0.1) is 5.92 Å². The molecule has 0 bridgehead atoms. The zero-order chi connectivity index (χ0) is 21.2. The van der Waals surface area contributed by atoms with E-state index in [1.165, 1.54) is 5.56 Å². The second-order valence-electron chi connectivity index (χ2n) is 7.94. The van der Waals surface area contributed by atoms with Crippen molar-refractivity contribution in [3.8, 4) is 0 Å². The molecule has 1 aliphatic carbocycles. The van der Waals surface area contributed by atoms with E-state index in [0.29, 0.717) is 11.6 Å². The third-order valence-electron chi connectivity index (χ3n) is 5.72. The number of benzene rings is 1. The molecule has 8 nitrogen and oxygen atoms in total. The fourth-order valence-corrected chi connectivity index (χ4v) is 3.45. The normalized spacial score (nSPS) is 22.2. The predicted octanol–water partition coefficient (Wildman–Crippen LogP) is 2.40. The van der Waals surface area contributed by atoms with Crippen molar-refractivity contribution in [2.45, 2.75) is 51.5 Å². The highest BCUT2D eigenvalue weighted by molar-refractivity contribution is 6.09. The van der Waals surface area contributed by atoms with Gasteiger partial charge in [-0.1, -0.05) is 26.0 Å². The lowest BCUT2D eigenvalue weighted by Crippen LogP contribution is -2.46. The molecule has 156 valence electrons. The lowest BCUT2D eigenvalue weighted by Gasteiger charge is -2.20. The van der Waals surface area contributed by atoms with E-state index >= 15 is 0 Å². The Balaban J connectivity index is 1.46. The van der Waals surface area contributed by atoms with Crippen molar-refractivity contribution in [2.75, 3.05) is 18.5 Å². The number of amides is 4. The van der Waals surface area contributed by atoms with Crippen LogP contribution in [-0.2, 0) is 19.1 Å². The van der Waals surface area contributed by atoms with Crippen molar-refractivity contribution in [3.63, 3.8) is 0 Å². The predicted molar refractivity (Wildman–Crippen MR) is 106 cm³/mol. The van der Waals surface area contributed by atoms with Crippen LogP contribution in [-0.4, -0.2) is 47.4 Å². The van der Waals surface area contributed by atoms with E-state index in [-0.39, 0.29) is 5.92 Å². The Labute approximate surface area is 170 Å². The number of hydrogen-bond donors (Lipinski definition) is 2. The minimum atomic E-state index is -0.948. The van der Waals surface area contributed by atoms with Crippen LogP contribution in [0.15, 0.2) is 24.3 Å². The van der Waals surface area contributed by atoms with Crippen molar-refractivity contribution in [1.82, 2.24) is 10.2 Å². The first-order chi connectivity index (χ1) is 13.7. The Morgan fingerprint density at radius 1 is 1.28 bits per heavy atom. The van der Waals surface area contributed by atoms with Crippen molar-refractivity contribution in [2.24, 2.45) is 5.92 Å². The smallest absolute Gasteiger partial charge is 0.326 e. The maximum atomic E-state index is 12.5. The summed E-state index contributed by atoms with van der Waals surface area (Å²) >= 11 is 0. The van der Waals surface area contributed by atoms with Gasteiger partial charge in [-0.15, -0.1) is 0 Å². The van der Waals surface area contributed by atoms with E-state index in [1.54, 1.807) is 19.1 Å². The fourth-order valence-electron chi connectivity index (χ4n) is 3.45. The molecule has 1 aromatic carbocycles. The van der Waals surface area contributed by atoms with Gasteiger partial charge in [-0.05, 0) is 55.7 Å². The number of rotatable bonds is 8. The molecule has 2 aliphatic rings. The van der Waals surface area contributed by atoms with Crippen LogP contribution < -0.4 is 10.6 Å². The molecular formula is C21H27N3O5. The monoisotopic (exact) mass is 401 g/mol. The molecule has 0 radical (unpaired) electrons. The molecule has 29 heavy (non-hydrogen) atoms. The number of ether oxygens (including phenoxy) is 1. The summed E-state index contributed by atoms with van der Waals surface area (Å²) in [7, 11) is 0. The molecule has 1 aromatic rings. The number of carbonyl (C=O) groups is 4. The topological polar surface area (TPSA) is 105 Å². The molecule has 4 amide bonds. The molecular weight excluding hydrogens is 374 g/mol. The molecule has 2 fully saturated rings. The molecule has 1 heterocycles. The summed E-state index contributed by atoms with van der Waals surface area (Å²) in [5.41, 5.74) is 0.840. The maximum Gasteiger partial charge on any atom is 0.326 e. The summed E-state index contributed by atoms with van der Waals surface area (Å²) in [5.74, 6) is -1.18. The van der Waals surface area contributed by atoms with Crippen LogP contribution in [0.4, 0.5) is 10.5 Å². The minimum Gasteiger partial charge on any atom is -0.454 e. The molecule has 2 N–H and O–H groups in total. The number of anilines is 1. The molecule has 1 saturated carbocycles. The quantitative estimate of drug-likeness (QED) is 0.514. The van der Waals surface area contributed by atoms with Crippen molar-refractivity contribution in [1.29, 1.82) is 0 Å². The Morgan fingerprint density at radius 2 is 1.93 bits per heavy atom. The van der Waals surface area contributed by atoms with Crippen LogP contribution in [0.3, 0.4) is 0 Å². The van der Waals surface area contributed by atoms with Gasteiger partial charge in [-0.3, -0.25) is 19.3 Å². The summed E-state index contributed by atoms with van der Waals surface area (Å²) in [4.78, 5) is 49.4. The molecule has 1 aliphatic heterocycles. The van der Waals surface area contributed by atoms with Gasteiger partial charge in [0.15, 0.2) is 6.61 Å². The van der Waals surface area contributed by atoms with Gasteiger partial charge in [0, 0.05) is 5.69 Å². The number of urea groups is 1. The number of nitrogens with one attached hydrogen (secondary N) is 2. The molecule has 8 heteroatoms. The van der Waals surface area contributed by atoms with Crippen LogP contribution in [0.25, 0.3) is 0 Å². The molecule has 0 unspecified atom stereocenters. The highest BCUT2D eigenvalue weighted by Gasteiger charge is 2.56. The average Bonchev–Trinajstić information content (AvgIpc) is 3.52. The zero-order valence-electron chi connectivity index (χ0n) is 17.0. The highest BCUT2D eigenvalue weighted by Crippen LogP contribution is 2.42. The summed E-state index contributed by atoms with van der Waals surface area (Å²) in [6, 6.07) is 6.89. The van der Waals surface area contributed by atoms with Gasteiger partial charge in [0.2, 0.25) is 0 Å². The molecule has 0 aromatic heterocycles. The van der Waals surface area contributed by atoms with Gasteiger partial charge in [-0.25, -0.2) is 4.79 Å². The Kier molecular flexibility index (Phi) is 5.91. The number of nitrogens with zero attached hydrogens (tertiary/aromatic N) is 1. The molecule has 1 saturated heterocycles. The second kappa shape index (κ2) is 8.23. The van der Waals surface area contributed by atoms with Crippen LogP contribution >= 0.6 is 0 Å². The van der Waals surface area contributed by atoms with Crippen LogP contribution in [0.2, 0.25) is 0 Å². The summed E-state index contributed by atoms with van der Waals surface area (Å²) in [6.07, 6.45) is 2.78. The highest BCUT2D eigenvalue weighted by atomic mass is 16.5. The SMILES string of the molecule is CC[C@@H](C)c1ccc(NC(=O)COC(=O)CN2C(=O)N[C@](C)(C3CC3)C2=O)cc1. The van der Waals surface area contributed by atoms with Crippen molar-refractivity contribution in [3.05, 3.63) is 29.8 Å². The third-order valence-corrected chi connectivity index (χ3v) is 5.72. The third kappa shape index (κ3) is 4.58. The summed E-state index contributed by atoms with van der Waals surface area (Å²) in [5, 5.41) is 5.31. The Bertz CT molecular complexity index is 818. The van der Waals surface area contributed by atoms with E-state index < -0.39 is 42.5 Å². The van der Waals surface area contributed by atoms with Crippen LogP contribution in [0.1, 0.15) is 51.5 Å². The molecule has 0 spiro atoms. The number of carbonyl (C=O) groups excluding carboxylic acids is 4. The Hall–Kier alpha value is -2.90. The number of imide groups is 1. The molecule has 3 rings (SSSR count). The first-order valence-corrected chi connectivity index (χ1v) is 9.94. The largest absolute Gasteiger partial charge is 0.454 e. The van der Waals surface area contributed by atoms with Crippen LogP contribution in [0.5, 0.6) is 0 Å². The lowest BCUT2D eigenvalue weighted by atomic mass is 9.96. The van der Waals surface area contributed by atoms with Crippen molar-refractivity contribution >= 4 is 29.5 Å². The van der Waals surface area contributed by atoms with Gasteiger partial charge in [-0.2, -0.15) is 0 Å². The van der Waals surface area contributed by atoms with Gasteiger partial charge < -0.3 is 15.4 Å². The molecule has 2 atom stereocenters. The Morgan fingerprint density at radius 3 is 2.52 bits per heavy atom. The standard InChI is InChI=1S/C21H27N3O5/c1-4-13(2)14-5-9-16(10-6-14)22-17(25)12-29-18(26)11-24-19(27)21(3,15-7-8-15)23-20(24)28/h5-6,9-10,13,15H,4,7-8,11-12H2,1-3H3,(H,22,25)(H,23,28)/t13-,21-/m1/s1. The fraction of sp³-hybridized carbons (Fsp3) is 0.524. The van der Waals surface area contributed by atoms with Gasteiger partial charge >= 0.3 is 12.0 Å². The minimum absolute atomic E-state index is 0.109. The second-order valence-corrected chi connectivity index (χ2v) is 7.94. The average molecular weight is 401 g/mol. The van der Waals surface area contributed by atoms with Crippen molar-refractivity contribution < 1.29 is 23.9 Å². The first-order valence-electron chi connectivity index (χ1n) is 9.94. The van der Waals surface area contributed by atoms with E-state index in [1.807, 2.05) is 12.1 Å². The van der Waals surface area contributed by atoms with Gasteiger partial charge in [0.1, 0.15) is 12.1 Å².